The Labute approximate surface area is 110 Å². The maximum absolute atomic E-state index is 12.0. The van der Waals surface area contributed by atoms with Gasteiger partial charge in [0.1, 0.15) is 0 Å². The minimum Gasteiger partial charge on any atom is -0.385 e. The van der Waals surface area contributed by atoms with Crippen molar-refractivity contribution in [2.45, 2.75) is 31.1 Å². The lowest BCUT2D eigenvalue weighted by molar-refractivity contribution is 0.521. The summed E-state index contributed by atoms with van der Waals surface area (Å²) < 4.78 is 25.1. The first kappa shape index (κ1) is 15.0. The highest BCUT2D eigenvalue weighted by atomic mass is 32.2. The van der Waals surface area contributed by atoms with Crippen LogP contribution in [0.4, 0.5) is 5.69 Å². The minimum atomic E-state index is -3.34. The monoisotopic (exact) mass is 270 g/mol. The van der Waals surface area contributed by atoms with Crippen molar-refractivity contribution in [3.63, 3.8) is 0 Å². The Kier molecular flexibility index (Phi) is 5.62. The van der Waals surface area contributed by atoms with Crippen LogP contribution in [0.1, 0.15) is 26.2 Å². The van der Waals surface area contributed by atoms with Crippen LogP contribution in [0.3, 0.4) is 0 Å². The normalized spacial score (nSPS) is 11.8. The van der Waals surface area contributed by atoms with Crippen molar-refractivity contribution < 1.29 is 8.42 Å². The molecule has 0 saturated carbocycles. The van der Waals surface area contributed by atoms with Gasteiger partial charge in [0.25, 0.3) is 0 Å². The summed E-state index contributed by atoms with van der Waals surface area (Å²) in [6.45, 7) is 3.03. The maximum Gasteiger partial charge on any atom is 0.242 e. The van der Waals surface area contributed by atoms with Gasteiger partial charge in [-0.2, -0.15) is 0 Å². The molecular weight excluding hydrogens is 248 g/mol. The van der Waals surface area contributed by atoms with E-state index < -0.39 is 10.0 Å². The Morgan fingerprint density at radius 1 is 1.22 bits per heavy atom. The minimum absolute atomic E-state index is 0.327. The second-order valence-electron chi connectivity index (χ2n) is 4.45. The van der Waals surface area contributed by atoms with Crippen molar-refractivity contribution in [1.82, 2.24) is 4.31 Å². The number of hydrogen-bond acceptors (Lipinski definition) is 3. The lowest BCUT2D eigenvalue weighted by atomic mass is 10.2. The molecule has 1 N–H and O–H groups in total. The van der Waals surface area contributed by atoms with Gasteiger partial charge in [0.2, 0.25) is 10.0 Å². The van der Waals surface area contributed by atoms with Crippen LogP contribution in [0, 0.1) is 0 Å². The molecule has 0 heterocycles. The van der Waals surface area contributed by atoms with Gasteiger partial charge in [-0.1, -0.05) is 25.8 Å². The fourth-order valence-corrected chi connectivity index (χ4v) is 2.53. The first-order valence-electron chi connectivity index (χ1n) is 6.25. The fourth-order valence-electron chi connectivity index (χ4n) is 1.59. The van der Waals surface area contributed by atoms with Crippen LogP contribution in [-0.4, -0.2) is 33.4 Å². The third-order valence-corrected chi connectivity index (χ3v) is 4.53. The number of nitrogens with one attached hydrogen (secondary N) is 1. The SMILES string of the molecule is CCCCCNc1cccc(S(=O)(=O)N(C)C)c1. The summed E-state index contributed by atoms with van der Waals surface area (Å²) in [5.41, 5.74) is 0.856. The van der Waals surface area contributed by atoms with Crippen molar-refractivity contribution in [3.8, 4) is 0 Å². The van der Waals surface area contributed by atoms with E-state index in [1.165, 1.54) is 31.2 Å². The molecule has 0 spiro atoms. The van der Waals surface area contributed by atoms with E-state index in [2.05, 4.69) is 12.2 Å². The molecule has 0 aliphatic carbocycles. The van der Waals surface area contributed by atoms with E-state index in [0.717, 1.165) is 18.7 Å². The third-order valence-electron chi connectivity index (χ3n) is 2.72. The predicted octanol–water partition coefficient (Wildman–Crippen LogP) is 2.54. The summed E-state index contributed by atoms with van der Waals surface area (Å²) in [6.07, 6.45) is 3.46. The highest BCUT2D eigenvalue weighted by Gasteiger charge is 2.16. The summed E-state index contributed by atoms with van der Waals surface area (Å²) in [4.78, 5) is 0.327. The smallest absolute Gasteiger partial charge is 0.242 e. The largest absolute Gasteiger partial charge is 0.385 e. The van der Waals surface area contributed by atoms with Crippen LogP contribution in [-0.2, 0) is 10.0 Å². The molecule has 0 atom stereocenters. The number of unbranched alkanes of at least 4 members (excludes halogenated alkanes) is 2. The zero-order valence-electron chi connectivity index (χ0n) is 11.3. The summed E-state index contributed by atoms with van der Waals surface area (Å²) >= 11 is 0. The third kappa shape index (κ3) is 3.99. The number of nitrogens with zero attached hydrogens (tertiary/aromatic N) is 1. The molecule has 1 rings (SSSR count). The molecule has 18 heavy (non-hydrogen) atoms. The zero-order chi connectivity index (χ0) is 13.6. The number of hydrogen-bond donors (Lipinski definition) is 1. The van der Waals surface area contributed by atoms with Gasteiger partial charge in [-0.05, 0) is 24.6 Å². The standard InChI is InChI=1S/C13H22N2O2S/c1-4-5-6-10-14-12-8-7-9-13(11-12)18(16,17)15(2)3/h7-9,11,14H,4-6,10H2,1-3H3. The van der Waals surface area contributed by atoms with Crippen molar-refractivity contribution in [2.24, 2.45) is 0 Å². The Morgan fingerprint density at radius 2 is 1.94 bits per heavy atom. The van der Waals surface area contributed by atoms with E-state index in [1.54, 1.807) is 18.2 Å². The molecule has 0 radical (unpaired) electrons. The van der Waals surface area contributed by atoms with Crippen LogP contribution in [0.5, 0.6) is 0 Å². The summed E-state index contributed by atoms with van der Waals surface area (Å²) in [7, 11) is -0.265. The van der Waals surface area contributed by atoms with Gasteiger partial charge in [0.05, 0.1) is 4.90 Å². The molecular formula is C13H22N2O2S. The molecule has 0 unspecified atom stereocenters. The number of rotatable bonds is 7. The molecule has 102 valence electrons. The van der Waals surface area contributed by atoms with Gasteiger partial charge in [-0.25, -0.2) is 12.7 Å². The van der Waals surface area contributed by atoms with Crippen molar-refractivity contribution in [2.75, 3.05) is 26.0 Å². The van der Waals surface area contributed by atoms with E-state index in [4.69, 9.17) is 0 Å². The second-order valence-corrected chi connectivity index (χ2v) is 6.60. The van der Waals surface area contributed by atoms with Crippen LogP contribution in [0.25, 0.3) is 0 Å². The average Bonchev–Trinajstić information content (AvgIpc) is 2.35. The van der Waals surface area contributed by atoms with Crippen LogP contribution >= 0.6 is 0 Å². The van der Waals surface area contributed by atoms with E-state index >= 15 is 0 Å². The Morgan fingerprint density at radius 3 is 2.56 bits per heavy atom. The molecule has 0 bridgehead atoms. The summed E-state index contributed by atoms with van der Waals surface area (Å²) in [5.74, 6) is 0. The zero-order valence-corrected chi connectivity index (χ0v) is 12.1. The molecule has 0 fully saturated rings. The Balaban J connectivity index is 2.74. The summed E-state index contributed by atoms with van der Waals surface area (Å²) in [5, 5.41) is 3.25. The topological polar surface area (TPSA) is 49.4 Å². The second kappa shape index (κ2) is 6.75. The molecule has 5 heteroatoms. The average molecular weight is 270 g/mol. The first-order valence-corrected chi connectivity index (χ1v) is 7.69. The number of benzene rings is 1. The molecule has 0 aliphatic rings. The van der Waals surface area contributed by atoms with Crippen LogP contribution in [0.15, 0.2) is 29.2 Å². The van der Waals surface area contributed by atoms with Gasteiger partial charge in [-0.3, -0.25) is 0 Å². The molecule has 4 nitrogen and oxygen atoms in total. The summed E-state index contributed by atoms with van der Waals surface area (Å²) in [6, 6.07) is 6.95. The van der Waals surface area contributed by atoms with E-state index in [9.17, 15) is 8.42 Å². The van der Waals surface area contributed by atoms with Crippen molar-refractivity contribution in [3.05, 3.63) is 24.3 Å². The van der Waals surface area contributed by atoms with Crippen LogP contribution < -0.4 is 5.32 Å². The van der Waals surface area contributed by atoms with E-state index in [1.807, 2.05) is 6.07 Å². The van der Waals surface area contributed by atoms with E-state index in [-0.39, 0.29) is 0 Å². The number of sulfonamides is 1. The van der Waals surface area contributed by atoms with Gasteiger partial charge in [-0.15, -0.1) is 0 Å². The van der Waals surface area contributed by atoms with Crippen LogP contribution in [0.2, 0.25) is 0 Å². The molecule has 0 amide bonds. The Bertz CT molecular complexity index is 470. The van der Waals surface area contributed by atoms with E-state index in [0.29, 0.717) is 4.90 Å². The number of anilines is 1. The molecule has 1 aromatic carbocycles. The van der Waals surface area contributed by atoms with Gasteiger partial charge < -0.3 is 5.32 Å². The quantitative estimate of drug-likeness (QED) is 0.775. The molecule has 0 aliphatic heterocycles. The van der Waals surface area contributed by atoms with Gasteiger partial charge in [0.15, 0.2) is 0 Å². The highest BCUT2D eigenvalue weighted by Crippen LogP contribution is 2.17. The molecule has 0 aromatic heterocycles. The Hall–Kier alpha value is -1.07. The first-order chi connectivity index (χ1) is 8.48. The molecule has 1 aromatic rings. The predicted molar refractivity (Wildman–Crippen MR) is 75.3 cm³/mol. The lowest BCUT2D eigenvalue weighted by Gasteiger charge is -2.13. The lowest BCUT2D eigenvalue weighted by Crippen LogP contribution is -2.22. The highest BCUT2D eigenvalue weighted by molar-refractivity contribution is 7.89. The van der Waals surface area contributed by atoms with Crippen molar-refractivity contribution in [1.29, 1.82) is 0 Å². The maximum atomic E-state index is 12.0. The van der Waals surface area contributed by atoms with Crippen molar-refractivity contribution >= 4 is 15.7 Å². The fraction of sp³-hybridized carbons (Fsp3) is 0.538. The van der Waals surface area contributed by atoms with Gasteiger partial charge >= 0.3 is 0 Å². The molecule has 0 saturated heterocycles. The van der Waals surface area contributed by atoms with Gasteiger partial charge in [0, 0.05) is 26.3 Å².